The Balaban J connectivity index is 1.66. The van der Waals surface area contributed by atoms with Crippen LogP contribution in [0.2, 0.25) is 0 Å². The number of fused-ring (bicyclic) bond motifs is 1. The molecule has 134 valence electrons. The smallest absolute Gasteiger partial charge is 0.162 e. The SMILES string of the molecule is C[C@H](O)c1ccc(CNc2nc(-c3ccccc3)nc3ccccc23)cc1. The fraction of sp³-hybridized carbons (Fsp3) is 0.130. The second-order valence-corrected chi connectivity index (χ2v) is 6.55. The average molecular weight is 355 g/mol. The average Bonchev–Trinajstić information content (AvgIpc) is 2.72. The van der Waals surface area contributed by atoms with Gasteiger partial charge >= 0.3 is 0 Å². The molecule has 0 aliphatic carbocycles. The summed E-state index contributed by atoms with van der Waals surface area (Å²) in [4.78, 5) is 9.48. The van der Waals surface area contributed by atoms with Crippen LogP contribution < -0.4 is 5.32 Å². The van der Waals surface area contributed by atoms with E-state index in [-0.39, 0.29) is 0 Å². The summed E-state index contributed by atoms with van der Waals surface area (Å²) in [5.74, 6) is 1.53. The maximum Gasteiger partial charge on any atom is 0.162 e. The zero-order valence-electron chi connectivity index (χ0n) is 15.1. The Morgan fingerprint density at radius 2 is 1.56 bits per heavy atom. The summed E-state index contributed by atoms with van der Waals surface area (Å²) in [5.41, 5.74) is 3.95. The second kappa shape index (κ2) is 7.56. The number of hydrogen-bond acceptors (Lipinski definition) is 4. The van der Waals surface area contributed by atoms with Crippen molar-refractivity contribution in [3.8, 4) is 11.4 Å². The lowest BCUT2D eigenvalue weighted by Gasteiger charge is -2.12. The molecule has 0 spiro atoms. The molecule has 0 radical (unpaired) electrons. The molecule has 3 aromatic carbocycles. The summed E-state index contributed by atoms with van der Waals surface area (Å²) in [6.45, 7) is 2.42. The number of aromatic nitrogens is 2. The summed E-state index contributed by atoms with van der Waals surface area (Å²) < 4.78 is 0. The third-order valence-electron chi connectivity index (χ3n) is 4.56. The molecule has 0 aliphatic heterocycles. The predicted octanol–water partition coefficient (Wildman–Crippen LogP) is 4.96. The van der Waals surface area contributed by atoms with Crippen molar-refractivity contribution in [2.45, 2.75) is 19.6 Å². The Morgan fingerprint density at radius 1 is 0.852 bits per heavy atom. The fourth-order valence-electron chi connectivity index (χ4n) is 3.03. The summed E-state index contributed by atoms with van der Waals surface area (Å²) in [7, 11) is 0. The number of hydrogen-bond donors (Lipinski definition) is 2. The molecule has 1 heterocycles. The van der Waals surface area contributed by atoms with Crippen molar-refractivity contribution in [3.05, 3.63) is 90.0 Å². The molecule has 2 N–H and O–H groups in total. The number of aliphatic hydroxyl groups is 1. The third-order valence-corrected chi connectivity index (χ3v) is 4.56. The number of para-hydroxylation sites is 1. The lowest BCUT2D eigenvalue weighted by molar-refractivity contribution is 0.199. The molecule has 1 atom stereocenters. The number of aliphatic hydroxyl groups excluding tert-OH is 1. The van der Waals surface area contributed by atoms with Gasteiger partial charge in [-0.15, -0.1) is 0 Å². The highest BCUT2D eigenvalue weighted by Gasteiger charge is 2.09. The van der Waals surface area contributed by atoms with Crippen molar-refractivity contribution >= 4 is 16.7 Å². The van der Waals surface area contributed by atoms with Crippen LogP contribution >= 0.6 is 0 Å². The van der Waals surface area contributed by atoms with E-state index >= 15 is 0 Å². The fourth-order valence-corrected chi connectivity index (χ4v) is 3.03. The molecule has 0 bridgehead atoms. The molecule has 1 aromatic heterocycles. The van der Waals surface area contributed by atoms with E-state index < -0.39 is 6.10 Å². The van der Waals surface area contributed by atoms with Gasteiger partial charge in [0.2, 0.25) is 0 Å². The Labute approximate surface area is 158 Å². The van der Waals surface area contributed by atoms with Crippen molar-refractivity contribution in [2.75, 3.05) is 5.32 Å². The van der Waals surface area contributed by atoms with Crippen LogP contribution in [0.25, 0.3) is 22.3 Å². The largest absolute Gasteiger partial charge is 0.389 e. The van der Waals surface area contributed by atoms with Crippen LogP contribution in [0, 0.1) is 0 Å². The van der Waals surface area contributed by atoms with E-state index in [2.05, 4.69) is 5.32 Å². The van der Waals surface area contributed by atoms with E-state index in [0.717, 1.165) is 33.4 Å². The van der Waals surface area contributed by atoms with E-state index in [9.17, 15) is 5.11 Å². The van der Waals surface area contributed by atoms with Crippen molar-refractivity contribution in [1.82, 2.24) is 9.97 Å². The van der Waals surface area contributed by atoms with Crippen LogP contribution in [0.15, 0.2) is 78.9 Å². The molecule has 0 saturated carbocycles. The van der Waals surface area contributed by atoms with Gasteiger partial charge in [0, 0.05) is 17.5 Å². The minimum absolute atomic E-state index is 0.453. The number of nitrogens with zero attached hydrogens (tertiary/aromatic N) is 2. The van der Waals surface area contributed by atoms with Gasteiger partial charge in [-0.3, -0.25) is 0 Å². The summed E-state index contributed by atoms with van der Waals surface area (Å²) in [6.07, 6.45) is -0.453. The van der Waals surface area contributed by atoms with Gasteiger partial charge in [-0.25, -0.2) is 9.97 Å². The van der Waals surface area contributed by atoms with Gasteiger partial charge in [-0.05, 0) is 30.2 Å². The van der Waals surface area contributed by atoms with Crippen LogP contribution in [0.3, 0.4) is 0 Å². The normalized spacial score (nSPS) is 12.1. The molecule has 4 aromatic rings. The summed E-state index contributed by atoms with van der Waals surface area (Å²) in [6, 6.07) is 26.0. The topological polar surface area (TPSA) is 58.0 Å². The molecule has 0 fully saturated rings. The van der Waals surface area contributed by atoms with E-state index in [1.165, 1.54) is 0 Å². The van der Waals surface area contributed by atoms with E-state index in [1.54, 1.807) is 6.92 Å². The van der Waals surface area contributed by atoms with Crippen LogP contribution in [0.4, 0.5) is 5.82 Å². The van der Waals surface area contributed by atoms with Crippen LogP contribution in [0.5, 0.6) is 0 Å². The lowest BCUT2D eigenvalue weighted by atomic mass is 10.1. The molecule has 4 nitrogen and oxygen atoms in total. The first kappa shape index (κ1) is 17.2. The Hall–Kier alpha value is -3.24. The highest BCUT2D eigenvalue weighted by Crippen LogP contribution is 2.25. The van der Waals surface area contributed by atoms with E-state index in [4.69, 9.17) is 9.97 Å². The van der Waals surface area contributed by atoms with Crippen molar-refractivity contribution in [3.63, 3.8) is 0 Å². The highest BCUT2D eigenvalue weighted by molar-refractivity contribution is 5.90. The maximum absolute atomic E-state index is 9.65. The maximum atomic E-state index is 9.65. The molecule has 0 amide bonds. The molecule has 4 heteroatoms. The number of rotatable bonds is 5. The minimum Gasteiger partial charge on any atom is -0.389 e. The lowest BCUT2D eigenvalue weighted by Crippen LogP contribution is -2.04. The van der Waals surface area contributed by atoms with Gasteiger partial charge < -0.3 is 10.4 Å². The third kappa shape index (κ3) is 3.81. The van der Waals surface area contributed by atoms with Crippen molar-refractivity contribution < 1.29 is 5.11 Å². The summed E-state index contributed by atoms with van der Waals surface area (Å²) >= 11 is 0. The number of anilines is 1. The Kier molecular flexibility index (Phi) is 4.81. The quantitative estimate of drug-likeness (QED) is 0.531. The first-order chi connectivity index (χ1) is 13.2. The van der Waals surface area contributed by atoms with Gasteiger partial charge in [0.05, 0.1) is 11.6 Å². The predicted molar refractivity (Wildman–Crippen MR) is 109 cm³/mol. The number of nitrogens with one attached hydrogen (secondary N) is 1. The van der Waals surface area contributed by atoms with Crippen LogP contribution in [0.1, 0.15) is 24.2 Å². The Bertz CT molecular complexity index is 1040. The highest BCUT2D eigenvalue weighted by atomic mass is 16.3. The number of benzene rings is 3. The second-order valence-electron chi connectivity index (χ2n) is 6.55. The zero-order valence-corrected chi connectivity index (χ0v) is 15.1. The molecule has 0 unspecified atom stereocenters. The Morgan fingerprint density at radius 3 is 2.30 bits per heavy atom. The van der Waals surface area contributed by atoms with Gasteiger partial charge in [-0.2, -0.15) is 0 Å². The van der Waals surface area contributed by atoms with Gasteiger partial charge in [0.15, 0.2) is 5.82 Å². The molecular formula is C23H21N3O. The van der Waals surface area contributed by atoms with Gasteiger partial charge in [0.1, 0.15) is 5.82 Å². The van der Waals surface area contributed by atoms with E-state index in [0.29, 0.717) is 12.4 Å². The standard InChI is InChI=1S/C23H21N3O/c1-16(27)18-13-11-17(12-14-18)15-24-23-20-9-5-6-10-21(20)25-22(26-23)19-7-3-2-4-8-19/h2-14,16,27H,15H2,1H3,(H,24,25,26)/t16-/m0/s1. The first-order valence-electron chi connectivity index (χ1n) is 9.04. The molecular weight excluding hydrogens is 334 g/mol. The van der Waals surface area contributed by atoms with E-state index in [1.807, 2.05) is 78.9 Å². The van der Waals surface area contributed by atoms with Crippen LogP contribution in [-0.2, 0) is 6.54 Å². The molecule has 0 saturated heterocycles. The van der Waals surface area contributed by atoms with Crippen LogP contribution in [-0.4, -0.2) is 15.1 Å². The molecule has 4 rings (SSSR count). The van der Waals surface area contributed by atoms with Crippen molar-refractivity contribution in [2.24, 2.45) is 0 Å². The van der Waals surface area contributed by atoms with Gasteiger partial charge in [0.25, 0.3) is 0 Å². The monoisotopic (exact) mass is 355 g/mol. The molecule has 27 heavy (non-hydrogen) atoms. The van der Waals surface area contributed by atoms with Crippen molar-refractivity contribution in [1.29, 1.82) is 0 Å². The zero-order chi connectivity index (χ0) is 18.6. The molecule has 0 aliphatic rings. The first-order valence-corrected chi connectivity index (χ1v) is 9.04. The minimum atomic E-state index is -0.453. The summed E-state index contributed by atoms with van der Waals surface area (Å²) in [5, 5.41) is 14.1. The van der Waals surface area contributed by atoms with Gasteiger partial charge in [-0.1, -0.05) is 66.7 Å².